The number of rotatable bonds is 3. The van der Waals surface area contributed by atoms with Crippen LogP contribution in [0.4, 0.5) is 4.39 Å². The van der Waals surface area contributed by atoms with Crippen LogP contribution in [0.3, 0.4) is 0 Å². The number of hydrogen-bond acceptors (Lipinski definition) is 3. The average molecular weight is 286 g/mol. The fourth-order valence-corrected chi connectivity index (χ4v) is 4.28. The standard InChI is InChI=1S/C13H19FN2O2S/c1-9-6-11(14)7-10(2)13(9)19(17,18)16-12-4-3-5-15-8-12/h6-7,12,15-16H,3-5,8H2,1-2H3. The number of halogens is 1. The number of aryl methyl sites for hydroxylation is 2. The molecule has 2 rings (SSSR count). The van der Waals surface area contributed by atoms with Gasteiger partial charge in [-0.2, -0.15) is 0 Å². The molecule has 4 nitrogen and oxygen atoms in total. The van der Waals surface area contributed by atoms with Gasteiger partial charge in [-0.15, -0.1) is 0 Å². The zero-order valence-corrected chi connectivity index (χ0v) is 12.0. The minimum Gasteiger partial charge on any atom is -0.315 e. The van der Waals surface area contributed by atoms with E-state index in [0.717, 1.165) is 19.4 Å². The van der Waals surface area contributed by atoms with Crippen molar-refractivity contribution in [3.63, 3.8) is 0 Å². The van der Waals surface area contributed by atoms with Crippen molar-refractivity contribution in [2.75, 3.05) is 13.1 Å². The Morgan fingerprint density at radius 3 is 2.47 bits per heavy atom. The molecule has 0 amide bonds. The van der Waals surface area contributed by atoms with Gasteiger partial charge < -0.3 is 5.32 Å². The van der Waals surface area contributed by atoms with Crippen molar-refractivity contribution in [2.45, 2.75) is 37.6 Å². The van der Waals surface area contributed by atoms with Crippen molar-refractivity contribution in [3.8, 4) is 0 Å². The maximum absolute atomic E-state index is 13.2. The number of nitrogens with one attached hydrogen (secondary N) is 2. The molecule has 0 aliphatic carbocycles. The van der Waals surface area contributed by atoms with Crippen molar-refractivity contribution >= 4 is 10.0 Å². The number of hydrogen-bond donors (Lipinski definition) is 2. The summed E-state index contributed by atoms with van der Waals surface area (Å²) in [5, 5.41) is 3.16. The number of sulfonamides is 1. The predicted octanol–water partition coefficient (Wildman–Crippen LogP) is 1.47. The summed E-state index contributed by atoms with van der Waals surface area (Å²) in [7, 11) is -3.59. The topological polar surface area (TPSA) is 58.2 Å². The van der Waals surface area contributed by atoms with Crippen LogP contribution in [0.25, 0.3) is 0 Å². The van der Waals surface area contributed by atoms with Crippen LogP contribution in [0.2, 0.25) is 0 Å². The normalized spacial score (nSPS) is 20.5. The zero-order valence-electron chi connectivity index (χ0n) is 11.2. The van der Waals surface area contributed by atoms with Crippen LogP contribution in [0, 0.1) is 19.7 Å². The first-order chi connectivity index (χ1) is 8.90. The lowest BCUT2D eigenvalue weighted by molar-refractivity contribution is 0.428. The summed E-state index contributed by atoms with van der Waals surface area (Å²) >= 11 is 0. The van der Waals surface area contributed by atoms with Gasteiger partial charge in [-0.1, -0.05) is 0 Å². The molecule has 1 saturated heterocycles. The van der Waals surface area contributed by atoms with E-state index in [0.29, 0.717) is 17.7 Å². The van der Waals surface area contributed by atoms with E-state index in [1.165, 1.54) is 12.1 Å². The summed E-state index contributed by atoms with van der Waals surface area (Å²) in [5.41, 5.74) is 0.877. The summed E-state index contributed by atoms with van der Waals surface area (Å²) in [6.07, 6.45) is 1.78. The number of benzene rings is 1. The summed E-state index contributed by atoms with van der Waals surface area (Å²) in [5.74, 6) is -0.409. The van der Waals surface area contributed by atoms with Crippen LogP contribution in [-0.4, -0.2) is 27.5 Å². The Kier molecular flexibility index (Phi) is 4.23. The molecule has 1 aromatic carbocycles. The largest absolute Gasteiger partial charge is 0.315 e. The van der Waals surface area contributed by atoms with E-state index >= 15 is 0 Å². The van der Waals surface area contributed by atoms with E-state index in [2.05, 4.69) is 10.0 Å². The molecule has 0 spiro atoms. The molecule has 2 N–H and O–H groups in total. The molecule has 6 heteroatoms. The molecule has 1 aliphatic heterocycles. The third kappa shape index (κ3) is 3.32. The number of piperidine rings is 1. The highest BCUT2D eigenvalue weighted by atomic mass is 32.2. The highest BCUT2D eigenvalue weighted by molar-refractivity contribution is 7.89. The minimum absolute atomic E-state index is 0.0948. The first-order valence-corrected chi connectivity index (χ1v) is 7.88. The molecule has 106 valence electrons. The molecule has 1 heterocycles. The van der Waals surface area contributed by atoms with Crippen molar-refractivity contribution in [3.05, 3.63) is 29.1 Å². The molecule has 1 aliphatic rings. The molecule has 0 radical (unpaired) electrons. The van der Waals surface area contributed by atoms with Crippen molar-refractivity contribution in [1.82, 2.24) is 10.0 Å². The molecule has 1 aromatic rings. The summed E-state index contributed by atoms with van der Waals surface area (Å²) in [6.45, 7) is 4.79. The zero-order chi connectivity index (χ0) is 14.0. The quantitative estimate of drug-likeness (QED) is 0.885. The molecule has 0 saturated carbocycles. The molecule has 1 unspecified atom stereocenters. The average Bonchev–Trinajstić information content (AvgIpc) is 2.27. The van der Waals surface area contributed by atoms with Gasteiger partial charge in [0, 0.05) is 12.6 Å². The maximum atomic E-state index is 13.2. The molecule has 0 aromatic heterocycles. The van der Waals surface area contributed by atoms with Gasteiger partial charge in [0.1, 0.15) is 5.82 Å². The summed E-state index contributed by atoms with van der Waals surface area (Å²) in [4.78, 5) is 0.194. The lowest BCUT2D eigenvalue weighted by Gasteiger charge is -2.24. The van der Waals surface area contributed by atoms with Crippen LogP contribution in [0.15, 0.2) is 17.0 Å². The van der Waals surface area contributed by atoms with Crippen LogP contribution in [-0.2, 0) is 10.0 Å². The van der Waals surface area contributed by atoms with Crippen LogP contribution in [0.1, 0.15) is 24.0 Å². The Labute approximate surface area is 113 Å². The first kappa shape index (κ1) is 14.4. The maximum Gasteiger partial charge on any atom is 0.241 e. The molecule has 19 heavy (non-hydrogen) atoms. The van der Waals surface area contributed by atoms with Gasteiger partial charge in [0.15, 0.2) is 0 Å². The Morgan fingerprint density at radius 2 is 1.95 bits per heavy atom. The monoisotopic (exact) mass is 286 g/mol. The van der Waals surface area contributed by atoms with Gasteiger partial charge in [0.05, 0.1) is 4.90 Å². The minimum atomic E-state index is -3.59. The fourth-order valence-electron chi connectivity index (χ4n) is 2.55. The third-order valence-corrected chi connectivity index (χ3v) is 5.14. The Hall–Kier alpha value is -0.980. The van der Waals surface area contributed by atoms with Crippen molar-refractivity contribution in [1.29, 1.82) is 0 Å². The fraction of sp³-hybridized carbons (Fsp3) is 0.538. The lowest BCUT2D eigenvalue weighted by Crippen LogP contribution is -2.45. The van der Waals surface area contributed by atoms with E-state index in [-0.39, 0.29) is 10.9 Å². The third-order valence-electron chi connectivity index (χ3n) is 3.31. The molecule has 0 bridgehead atoms. The Balaban J connectivity index is 2.29. The van der Waals surface area contributed by atoms with Crippen LogP contribution in [0.5, 0.6) is 0 Å². The van der Waals surface area contributed by atoms with Gasteiger partial charge in [0.2, 0.25) is 10.0 Å². The van der Waals surface area contributed by atoms with Crippen molar-refractivity contribution < 1.29 is 12.8 Å². The second-order valence-corrected chi connectivity index (χ2v) is 6.68. The van der Waals surface area contributed by atoms with Crippen LogP contribution < -0.4 is 10.0 Å². The molecule has 1 atom stereocenters. The Bertz CT molecular complexity index is 543. The summed E-state index contributed by atoms with van der Waals surface area (Å²) in [6, 6.07) is 2.41. The molecule has 1 fully saturated rings. The van der Waals surface area contributed by atoms with Gasteiger partial charge in [-0.05, 0) is 56.5 Å². The highest BCUT2D eigenvalue weighted by Gasteiger charge is 2.25. The van der Waals surface area contributed by atoms with E-state index in [4.69, 9.17) is 0 Å². The molecular formula is C13H19FN2O2S. The van der Waals surface area contributed by atoms with Gasteiger partial charge in [0.25, 0.3) is 0 Å². The lowest BCUT2D eigenvalue weighted by atomic mass is 10.1. The first-order valence-electron chi connectivity index (χ1n) is 6.40. The van der Waals surface area contributed by atoms with E-state index in [9.17, 15) is 12.8 Å². The van der Waals surface area contributed by atoms with Gasteiger partial charge in [-0.3, -0.25) is 0 Å². The predicted molar refractivity (Wildman–Crippen MR) is 72.1 cm³/mol. The summed E-state index contributed by atoms with van der Waals surface area (Å²) < 4.78 is 40.7. The van der Waals surface area contributed by atoms with Crippen LogP contribution >= 0.6 is 0 Å². The van der Waals surface area contributed by atoms with E-state index in [1.54, 1.807) is 13.8 Å². The molecular weight excluding hydrogens is 267 g/mol. The van der Waals surface area contributed by atoms with Gasteiger partial charge >= 0.3 is 0 Å². The van der Waals surface area contributed by atoms with E-state index in [1.807, 2.05) is 0 Å². The second kappa shape index (κ2) is 5.56. The van der Waals surface area contributed by atoms with Crippen molar-refractivity contribution in [2.24, 2.45) is 0 Å². The smallest absolute Gasteiger partial charge is 0.241 e. The SMILES string of the molecule is Cc1cc(F)cc(C)c1S(=O)(=O)NC1CCCNC1. The van der Waals surface area contributed by atoms with Gasteiger partial charge in [-0.25, -0.2) is 17.5 Å². The second-order valence-electron chi connectivity index (χ2n) is 5.03. The van der Waals surface area contributed by atoms with E-state index < -0.39 is 15.8 Å². The Morgan fingerprint density at radius 1 is 1.32 bits per heavy atom. The highest BCUT2D eigenvalue weighted by Crippen LogP contribution is 2.22.